The SMILES string of the molecule is CC1=C(C(=O)Nc2cccc(C)c2)C(c2cc(Cl)c(O)c(Br)c2)NC(=O)N1. The van der Waals surface area contributed by atoms with Gasteiger partial charge >= 0.3 is 6.03 Å². The number of allylic oxidation sites excluding steroid dienone is 1. The zero-order chi connectivity index (χ0) is 19.7. The molecule has 0 radical (unpaired) electrons. The molecule has 0 aromatic heterocycles. The summed E-state index contributed by atoms with van der Waals surface area (Å²) in [6, 6.07) is 9.41. The number of benzene rings is 2. The average Bonchev–Trinajstić information content (AvgIpc) is 2.58. The fourth-order valence-corrected chi connectivity index (χ4v) is 3.74. The summed E-state index contributed by atoms with van der Waals surface area (Å²) in [4.78, 5) is 24.9. The van der Waals surface area contributed by atoms with Crippen molar-refractivity contribution in [2.24, 2.45) is 0 Å². The average molecular weight is 451 g/mol. The summed E-state index contributed by atoms with van der Waals surface area (Å²) in [6.07, 6.45) is 0. The van der Waals surface area contributed by atoms with E-state index in [0.717, 1.165) is 5.56 Å². The number of nitrogens with one attached hydrogen (secondary N) is 3. The summed E-state index contributed by atoms with van der Waals surface area (Å²) in [6.45, 7) is 3.59. The molecule has 0 fully saturated rings. The van der Waals surface area contributed by atoms with E-state index in [1.165, 1.54) is 6.07 Å². The van der Waals surface area contributed by atoms with Crippen LogP contribution in [0.25, 0.3) is 0 Å². The van der Waals surface area contributed by atoms with Crippen LogP contribution in [0.15, 0.2) is 52.1 Å². The number of carbonyl (C=O) groups excluding carboxylic acids is 2. The zero-order valence-electron chi connectivity index (χ0n) is 14.6. The van der Waals surface area contributed by atoms with Crippen molar-refractivity contribution in [2.45, 2.75) is 19.9 Å². The Balaban J connectivity index is 2.00. The first-order valence-electron chi connectivity index (χ1n) is 8.10. The van der Waals surface area contributed by atoms with Gasteiger partial charge in [0.1, 0.15) is 5.75 Å². The third kappa shape index (κ3) is 4.09. The van der Waals surface area contributed by atoms with Crippen LogP contribution >= 0.6 is 27.5 Å². The Morgan fingerprint density at radius 2 is 2.00 bits per heavy atom. The number of amides is 3. The van der Waals surface area contributed by atoms with Gasteiger partial charge in [-0.1, -0.05) is 23.7 Å². The molecule has 8 heteroatoms. The zero-order valence-corrected chi connectivity index (χ0v) is 16.9. The number of aryl methyl sites for hydroxylation is 1. The quantitative estimate of drug-likeness (QED) is 0.559. The monoisotopic (exact) mass is 449 g/mol. The summed E-state index contributed by atoms with van der Waals surface area (Å²) in [5.74, 6) is -0.455. The highest BCUT2D eigenvalue weighted by molar-refractivity contribution is 9.10. The lowest BCUT2D eigenvalue weighted by molar-refractivity contribution is -0.113. The maximum atomic E-state index is 13.0. The maximum Gasteiger partial charge on any atom is 0.319 e. The number of anilines is 1. The Hall–Kier alpha value is -2.51. The molecule has 3 rings (SSSR count). The molecule has 0 aliphatic carbocycles. The van der Waals surface area contributed by atoms with Crippen molar-refractivity contribution in [1.82, 2.24) is 10.6 Å². The Bertz CT molecular complexity index is 951. The number of carbonyl (C=O) groups is 2. The van der Waals surface area contributed by atoms with Crippen molar-refractivity contribution >= 4 is 45.2 Å². The number of phenols is 1. The van der Waals surface area contributed by atoms with Crippen LogP contribution in [0.2, 0.25) is 5.02 Å². The summed E-state index contributed by atoms with van der Waals surface area (Å²) >= 11 is 9.29. The molecule has 3 amide bonds. The van der Waals surface area contributed by atoms with E-state index in [1.54, 1.807) is 19.1 Å². The highest BCUT2D eigenvalue weighted by atomic mass is 79.9. The minimum atomic E-state index is -0.724. The van der Waals surface area contributed by atoms with E-state index in [1.807, 2.05) is 25.1 Å². The largest absolute Gasteiger partial charge is 0.505 e. The van der Waals surface area contributed by atoms with Crippen molar-refractivity contribution in [2.75, 3.05) is 5.32 Å². The van der Waals surface area contributed by atoms with Crippen LogP contribution in [0, 0.1) is 6.92 Å². The van der Waals surface area contributed by atoms with Crippen LogP contribution in [-0.4, -0.2) is 17.0 Å². The number of urea groups is 1. The van der Waals surface area contributed by atoms with Gasteiger partial charge in [-0.3, -0.25) is 4.79 Å². The lowest BCUT2D eigenvalue weighted by atomic mass is 9.94. The highest BCUT2D eigenvalue weighted by Gasteiger charge is 2.32. The van der Waals surface area contributed by atoms with Crippen molar-refractivity contribution in [1.29, 1.82) is 0 Å². The number of aromatic hydroxyl groups is 1. The van der Waals surface area contributed by atoms with Gasteiger partial charge < -0.3 is 21.1 Å². The molecule has 0 spiro atoms. The Morgan fingerprint density at radius 3 is 2.67 bits per heavy atom. The molecule has 1 aliphatic heterocycles. The number of phenolic OH excluding ortho intramolecular Hbond substituents is 1. The summed E-state index contributed by atoms with van der Waals surface area (Å²) in [7, 11) is 0. The summed E-state index contributed by atoms with van der Waals surface area (Å²) in [5, 5.41) is 18.2. The predicted octanol–water partition coefficient (Wildman–Crippen LogP) is 4.38. The molecule has 1 unspecified atom stereocenters. The fraction of sp³-hybridized carbons (Fsp3) is 0.158. The van der Waals surface area contributed by atoms with Crippen LogP contribution in [0.5, 0.6) is 5.75 Å². The minimum absolute atomic E-state index is 0.104. The molecule has 1 atom stereocenters. The first-order valence-corrected chi connectivity index (χ1v) is 9.27. The number of hydrogen-bond acceptors (Lipinski definition) is 3. The van der Waals surface area contributed by atoms with Crippen LogP contribution in [0.1, 0.15) is 24.1 Å². The lowest BCUT2D eigenvalue weighted by Crippen LogP contribution is -2.46. The topological polar surface area (TPSA) is 90.5 Å². The lowest BCUT2D eigenvalue weighted by Gasteiger charge is -2.29. The van der Waals surface area contributed by atoms with Crippen molar-refractivity contribution in [3.63, 3.8) is 0 Å². The highest BCUT2D eigenvalue weighted by Crippen LogP contribution is 2.37. The van der Waals surface area contributed by atoms with Gasteiger partial charge in [0, 0.05) is 11.4 Å². The van der Waals surface area contributed by atoms with E-state index in [4.69, 9.17) is 11.6 Å². The Morgan fingerprint density at radius 1 is 1.26 bits per heavy atom. The molecule has 2 aromatic rings. The van der Waals surface area contributed by atoms with E-state index in [2.05, 4.69) is 31.9 Å². The number of halogens is 2. The second kappa shape index (κ2) is 7.62. The molecular weight excluding hydrogens is 434 g/mol. The summed E-state index contributed by atoms with van der Waals surface area (Å²) < 4.78 is 0.369. The van der Waals surface area contributed by atoms with Crippen LogP contribution in [-0.2, 0) is 4.79 Å². The first-order chi connectivity index (χ1) is 12.8. The van der Waals surface area contributed by atoms with E-state index < -0.39 is 12.1 Å². The van der Waals surface area contributed by atoms with Gasteiger partial charge in [-0.15, -0.1) is 0 Å². The van der Waals surface area contributed by atoms with Crippen molar-refractivity contribution in [3.05, 3.63) is 68.3 Å². The van der Waals surface area contributed by atoms with E-state index in [-0.39, 0.29) is 16.7 Å². The van der Waals surface area contributed by atoms with Crippen LogP contribution in [0.4, 0.5) is 10.5 Å². The predicted molar refractivity (Wildman–Crippen MR) is 108 cm³/mol. The maximum absolute atomic E-state index is 13.0. The van der Waals surface area contributed by atoms with Crippen molar-refractivity contribution in [3.8, 4) is 5.75 Å². The van der Waals surface area contributed by atoms with Gasteiger partial charge in [0.25, 0.3) is 5.91 Å². The van der Waals surface area contributed by atoms with Crippen LogP contribution in [0.3, 0.4) is 0 Å². The van der Waals surface area contributed by atoms with Crippen LogP contribution < -0.4 is 16.0 Å². The molecule has 0 bridgehead atoms. The second-order valence-electron chi connectivity index (χ2n) is 6.23. The molecule has 2 aromatic carbocycles. The van der Waals surface area contributed by atoms with Gasteiger partial charge in [0.2, 0.25) is 0 Å². The molecule has 27 heavy (non-hydrogen) atoms. The molecular formula is C19H17BrClN3O3. The van der Waals surface area contributed by atoms with Gasteiger partial charge in [-0.05, 0) is 65.2 Å². The molecule has 0 saturated heterocycles. The van der Waals surface area contributed by atoms with E-state index in [0.29, 0.717) is 27.0 Å². The second-order valence-corrected chi connectivity index (χ2v) is 7.49. The number of rotatable bonds is 3. The normalized spacial score (nSPS) is 16.6. The minimum Gasteiger partial charge on any atom is -0.505 e. The molecule has 4 N–H and O–H groups in total. The van der Waals surface area contributed by atoms with E-state index in [9.17, 15) is 14.7 Å². The fourth-order valence-electron chi connectivity index (χ4n) is 2.92. The molecule has 0 saturated carbocycles. The summed E-state index contributed by atoms with van der Waals surface area (Å²) in [5.41, 5.74) is 3.02. The Kier molecular flexibility index (Phi) is 5.43. The molecule has 140 valence electrons. The third-order valence-corrected chi connectivity index (χ3v) is 5.05. The van der Waals surface area contributed by atoms with Gasteiger partial charge in [0.15, 0.2) is 0 Å². The first kappa shape index (κ1) is 19.3. The van der Waals surface area contributed by atoms with Gasteiger partial charge in [0.05, 0.1) is 21.1 Å². The van der Waals surface area contributed by atoms with E-state index >= 15 is 0 Å². The van der Waals surface area contributed by atoms with Gasteiger partial charge in [-0.25, -0.2) is 4.79 Å². The standard InChI is InChI=1S/C19H17BrClN3O3/c1-9-4-3-5-12(6-9)23-18(26)15-10(2)22-19(27)24-16(15)11-7-13(20)17(25)14(21)8-11/h3-8,16,25H,1-2H3,(H,23,26)(H2,22,24,27). The Labute approximate surface area is 169 Å². The molecule has 6 nitrogen and oxygen atoms in total. The van der Waals surface area contributed by atoms with Gasteiger partial charge in [-0.2, -0.15) is 0 Å². The molecule has 1 aliphatic rings. The third-order valence-electron chi connectivity index (χ3n) is 4.16. The molecule has 1 heterocycles. The van der Waals surface area contributed by atoms with Crippen molar-refractivity contribution < 1.29 is 14.7 Å². The number of hydrogen-bond donors (Lipinski definition) is 4. The smallest absolute Gasteiger partial charge is 0.319 e.